The van der Waals surface area contributed by atoms with Crippen LogP contribution < -0.4 is 5.32 Å². The molecule has 5 atom stereocenters. The summed E-state index contributed by atoms with van der Waals surface area (Å²) in [5.74, 6) is 1.72. The van der Waals surface area contributed by atoms with Crippen LogP contribution in [0.3, 0.4) is 0 Å². The normalized spacial score (nSPS) is 32.0. The third-order valence-electron chi connectivity index (χ3n) is 6.75. The quantitative estimate of drug-likeness (QED) is 0.814. The van der Waals surface area contributed by atoms with Gasteiger partial charge in [-0.15, -0.1) is 0 Å². The number of aromatic carboxylic acids is 1. The van der Waals surface area contributed by atoms with Crippen molar-refractivity contribution in [2.75, 3.05) is 5.32 Å². The Hall–Kier alpha value is -2.29. The molecular weight excluding hydrogens is 310 g/mol. The summed E-state index contributed by atoms with van der Waals surface area (Å²) in [6.07, 6.45) is 3.92. The van der Waals surface area contributed by atoms with Gasteiger partial charge in [-0.25, -0.2) is 4.79 Å². The van der Waals surface area contributed by atoms with Crippen LogP contribution in [0.4, 0.5) is 5.69 Å². The van der Waals surface area contributed by atoms with Gasteiger partial charge in [0, 0.05) is 0 Å². The van der Waals surface area contributed by atoms with Gasteiger partial charge in [-0.3, -0.25) is 0 Å². The van der Waals surface area contributed by atoms with Crippen LogP contribution >= 0.6 is 0 Å². The van der Waals surface area contributed by atoms with Crippen LogP contribution in [0.2, 0.25) is 0 Å². The van der Waals surface area contributed by atoms with Gasteiger partial charge in [0.1, 0.15) is 0 Å². The van der Waals surface area contributed by atoms with Crippen LogP contribution in [0.1, 0.15) is 58.3 Å². The fourth-order valence-corrected chi connectivity index (χ4v) is 5.88. The fraction of sp³-hybridized carbons (Fsp3) is 0.409. The van der Waals surface area contributed by atoms with Gasteiger partial charge < -0.3 is 10.4 Å². The Bertz CT molecular complexity index is 859. The van der Waals surface area contributed by atoms with Gasteiger partial charge in [0.25, 0.3) is 0 Å². The number of hydrogen-bond acceptors (Lipinski definition) is 2. The lowest BCUT2D eigenvalue weighted by atomic mass is 9.67. The number of para-hydroxylation sites is 1. The molecule has 2 N–H and O–H groups in total. The van der Waals surface area contributed by atoms with E-state index in [1.807, 2.05) is 6.07 Å². The lowest BCUT2D eigenvalue weighted by molar-refractivity contribution is 0.0697. The van der Waals surface area contributed by atoms with Gasteiger partial charge >= 0.3 is 5.97 Å². The second kappa shape index (κ2) is 5.35. The van der Waals surface area contributed by atoms with Crippen molar-refractivity contribution in [1.29, 1.82) is 0 Å². The number of benzene rings is 2. The number of nitrogens with one attached hydrogen (secondary N) is 1. The van der Waals surface area contributed by atoms with Crippen molar-refractivity contribution in [3.8, 4) is 0 Å². The lowest BCUT2D eigenvalue weighted by Gasteiger charge is -2.44. The van der Waals surface area contributed by atoms with E-state index < -0.39 is 5.97 Å². The van der Waals surface area contributed by atoms with Crippen molar-refractivity contribution in [3.63, 3.8) is 0 Å². The lowest BCUT2D eigenvalue weighted by Crippen LogP contribution is -2.36. The average molecular weight is 333 g/mol. The van der Waals surface area contributed by atoms with Crippen LogP contribution in [0, 0.1) is 24.7 Å². The third kappa shape index (κ3) is 2.14. The first-order chi connectivity index (χ1) is 12.1. The van der Waals surface area contributed by atoms with Gasteiger partial charge in [0.05, 0.1) is 17.3 Å². The first kappa shape index (κ1) is 15.0. The Balaban J connectivity index is 1.68. The molecule has 128 valence electrons. The van der Waals surface area contributed by atoms with Crippen molar-refractivity contribution >= 4 is 11.7 Å². The molecule has 0 amide bonds. The molecule has 0 unspecified atom stereocenters. The number of anilines is 1. The molecule has 2 aromatic rings. The molecule has 2 aromatic carbocycles. The highest BCUT2D eigenvalue weighted by Crippen LogP contribution is 2.63. The second-order valence-corrected chi connectivity index (χ2v) is 8.05. The maximum atomic E-state index is 11.8. The molecule has 0 aromatic heterocycles. The van der Waals surface area contributed by atoms with Gasteiger partial charge in [-0.1, -0.05) is 42.0 Å². The van der Waals surface area contributed by atoms with E-state index in [1.165, 1.54) is 36.0 Å². The van der Waals surface area contributed by atoms with Gasteiger partial charge in [-0.2, -0.15) is 0 Å². The zero-order valence-corrected chi connectivity index (χ0v) is 14.4. The highest BCUT2D eigenvalue weighted by Gasteiger charge is 2.54. The number of fused-ring (bicyclic) bond motifs is 7. The first-order valence-electron chi connectivity index (χ1n) is 9.33. The fourth-order valence-electron chi connectivity index (χ4n) is 5.88. The molecule has 1 heterocycles. The summed E-state index contributed by atoms with van der Waals surface area (Å²) in [5.41, 5.74) is 5.07. The number of carbonyl (C=O) groups is 1. The molecule has 3 aliphatic rings. The summed E-state index contributed by atoms with van der Waals surface area (Å²) < 4.78 is 0. The van der Waals surface area contributed by atoms with E-state index >= 15 is 0 Å². The molecule has 2 bridgehead atoms. The Morgan fingerprint density at radius 1 is 1.12 bits per heavy atom. The summed E-state index contributed by atoms with van der Waals surface area (Å²) in [4.78, 5) is 11.8. The molecule has 2 fully saturated rings. The number of aryl methyl sites for hydroxylation is 1. The molecule has 0 saturated heterocycles. The van der Waals surface area contributed by atoms with Gasteiger partial charge in [0.2, 0.25) is 0 Å². The molecule has 25 heavy (non-hydrogen) atoms. The minimum Gasteiger partial charge on any atom is -0.478 e. The minimum absolute atomic E-state index is 0.216. The van der Waals surface area contributed by atoms with E-state index in [9.17, 15) is 9.90 Å². The van der Waals surface area contributed by atoms with Crippen molar-refractivity contribution in [2.24, 2.45) is 17.8 Å². The number of carboxylic acid groups (broad SMARTS) is 1. The second-order valence-electron chi connectivity index (χ2n) is 8.05. The monoisotopic (exact) mass is 333 g/mol. The number of hydrogen-bond donors (Lipinski definition) is 2. The molecule has 2 saturated carbocycles. The first-order valence-corrected chi connectivity index (χ1v) is 9.33. The third-order valence-corrected chi connectivity index (χ3v) is 6.75. The topological polar surface area (TPSA) is 49.3 Å². The Morgan fingerprint density at radius 3 is 2.72 bits per heavy atom. The van der Waals surface area contributed by atoms with Crippen molar-refractivity contribution in [3.05, 3.63) is 64.7 Å². The Kier molecular flexibility index (Phi) is 3.21. The highest BCUT2D eigenvalue weighted by atomic mass is 16.4. The summed E-state index contributed by atoms with van der Waals surface area (Å²) >= 11 is 0. The molecule has 2 aliphatic carbocycles. The van der Waals surface area contributed by atoms with E-state index in [4.69, 9.17) is 0 Å². The zero-order chi connectivity index (χ0) is 17.1. The predicted octanol–water partition coefficient (Wildman–Crippen LogP) is 4.99. The maximum absolute atomic E-state index is 11.8. The smallest absolute Gasteiger partial charge is 0.337 e. The van der Waals surface area contributed by atoms with Crippen molar-refractivity contribution in [2.45, 2.75) is 38.1 Å². The molecule has 3 nitrogen and oxygen atoms in total. The molecule has 1 aliphatic heterocycles. The van der Waals surface area contributed by atoms with Crippen LogP contribution in [0.15, 0.2) is 42.5 Å². The Morgan fingerprint density at radius 2 is 1.92 bits per heavy atom. The summed E-state index contributed by atoms with van der Waals surface area (Å²) in [5, 5.41) is 13.3. The SMILES string of the molecule is Cc1cccc([C@@H]2Nc3c(C(=O)O)cccc3[C@H]3[C@H]4CC[C@@H](C4)[C@H]32)c1. The minimum atomic E-state index is -0.839. The van der Waals surface area contributed by atoms with Crippen molar-refractivity contribution < 1.29 is 9.90 Å². The van der Waals surface area contributed by atoms with Gasteiger partial charge in [-0.05, 0) is 67.1 Å². The maximum Gasteiger partial charge on any atom is 0.337 e. The van der Waals surface area contributed by atoms with E-state index in [-0.39, 0.29) is 6.04 Å². The largest absolute Gasteiger partial charge is 0.478 e. The number of rotatable bonds is 2. The summed E-state index contributed by atoms with van der Waals surface area (Å²) in [6, 6.07) is 14.7. The van der Waals surface area contributed by atoms with E-state index in [0.29, 0.717) is 23.3 Å². The Labute approximate surface area is 148 Å². The van der Waals surface area contributed by atoms with E-state index in [2.05, 4.69) is 42.6 Å². The van der Waals surface area contributed by atoms with Crippen LogP contribution in [-0.4, -0.2) is 11.1 Å². The van der Waals surface area contributed by atoms with E-state index in [1.54, 1.807) is 6.07 Å². The van der Waals surface area contributed by atoms with Crippen LogP contribution in [0.25, 0.3) is 0 Å². The summed E-state index contributed by atoms with van der Waals surface area (Å²) in [7, 11) is 0. The van der Waals surface area contributed by atoms with E-state index in [0.717, 1.165) is 11.6 Å². The highest BCUT2D eigenvalue weighted by molar-refractivity contribution is 5.95. The van der Waals surface area contributed by atoms with Gasteiger partial charge in [0.15, 0.2) is 0 Å². The predicted molar refractivity (Wildman–Crippen MR) is 98.0 cm³/mol. The molecule has 0 radical (unpaired) electrons. The van der Waals surface area contributed by atoms with Crippen LogP contribution in [-0.2, 0) is 0 Å². The number of carboxylic acids is 1. The molecular formula is C22H23NO2. The van der Waals surface area contributed by atoms with Crippen LogP contribution in [0.5, 0.6) is 0 Å². The summed E-state index contributed by atoms with van der Waals surface area (Å²) in [6.45, 7) is 2.13. The zero-order valence-electron chi connectivity index (χ0n) is 14.4. The molecule has 3 heteroatoms. The standard InChI is InChI=1S/C22H23NO2/c1-12-4-2-5-15(10-12)20-19-14-9-8-13(11-14)18(19)16-6-3-7-17(22(24)25)21(16)23-20/h2-7,10,13-14,18-20,23H,8-9,11H2,1H3,(H,24,25)/t13-,14-,18+,19+,20-/m0/s1. The van der Waals surface area contributed by atoms with Crippen molar-refractivity contribution in [1.82, 2.24) is 0 Å². The molecule has 5 rings (SSSR count). The average Bonchev–Trinajstić information content (AvgIpc) is 3.22. The molecule has 0 spiro atoms.